The van der Waals surface area contributed by atoms with Crippen molar-refractivity contribution in [2.24, 2.45) is 0 Å². The molecule has 2 nitrogen and oxygen atoms in total. The molecule has 0 amide bonds. The Balaban J connectivity index is 2.31. The van der Waals surface area contributed by atoms with Crippen LogP contribution in [0.4, 0.5) is 0 Å². The van der Waals surface area contributed by atoms with E-state index in [9.17, 15) is 10.2 Å². The zero-order chi connectivity index (χ0) is 33.8. The summed E-state index contributed by atoms with van der Waals surface area (Å²) in [5.41, 5.74) is 12.5. The van der Waals surface area contributed by atoms with Crippen LogP contribution in [0.3, 0.4) is 0 Å². The monoisotopic (exact) mass is 615 g/mol. The zero-order valence-electron chi connectivity index (χ0n) is 30.7. The van der Waals surface area contributed by atoms with Gasteiger partial charge in [0.05, 0.1) is 0 Å². The maximum atomic E-state index is 10.4. The molecule has 0 bridgehead atoms. The molecule has 250 valence electrons. The van der Waals surface area contributed by atoms with Gasteiger partial charge in [0.2, 0.25) is 0 Å². The second kappa shape index (κ2) is 22.5. The van der Waals surface area contributed by atoms with E-state index in [4.69, 9.17) is 0 Å². The minimum atomic E-state index is 0.255. The Morgan fingerprint density at radius 2 is 0.778 bits per heavy atom. The third-order valence-corrected chi connectivity index (χ3v) is 8.84. The van der Waals surface area contributed by atoms with Crippen molar-refractivity contribution in [3.63, 3.8) is 0 Å². The highest BCUT2D eigenvalue weighted by atomic mass is 16.3. The van der Waals surface area contributed by atoms with Gasteiger partial charge in [-0.3, -0.25) is 0 Å². The van der Waals surface area contributed by atoms with Gasteiger partial charge in [-0.1, -0.05) is 81.5 Å². The van der Waals surface area contributed by atoms with Crippen LogP contribution >= 0.6 is 0 Å². The molecule has 0 aliphatic heterocycles. The Kier molecular flexibility index (Phi) is 20.0. The number of rotatable bonds is 20. The number of hydrogen-bond donors (Lipinski definition) is 2. The van der Waals surface area contributed by atoms with Crippen LogP contribution in [0.5, 0.6) is 11.5 Å². The SMILES string of the molecule is CC(C)=CCC/C(C)=C\CC/C(C)=C\CC/C(C)=C/CC/C(C)=C\CC/C(C)=C\CC/C(C)=C\Cc1cc(O)c(C)c(C)c1O. The highest BCUT2D eigenvalue weighted by Crippen LogP contribution is 2.32. The van der Waals surface area contributed by atoms with E-state index in [2.05, 4.69) is 97.9 Å². The summed E-state index contributed by atoms with van der Waals surface area (Å²) in [4.78, 5) is 0. The average molecular weight is 615 g/mol. The maximum absolute atomic E-state index is 10.4. The van der Waals surface area contributed by atoms with Gasteiger partial charge in [0.1, 0.15) is 11.5 Å². The summed E-state index contributed by atoms with van der Waals surface area (Å²) in [6.07, 6.45) is 30.7. The predicted molar refractivity (Wildman–Crippen MR) is 200 cm³/mol. The molecule has 0 aliphatic rings. The molecule has 0 atom stereocenters. The number of hydrogen-bond acceptors (Lipinski definition) is 2. The van der Waals surface area contributed by atoms with E-state index < -0.39 is 0 Å². The summed E-state index contributed by atoms with van der Waals surface area (Å²) in [6.45, 7) is 21.5. The Hall–Kier alpha value is -3.00. The van der Waals surface area contributed by atoms with E-state index >= 15 is 0 Å². The first kappa shape index (κ1) is 40.0. The van der Waals surface area contributed by atoms with Gasteiger partial charge in [-0.2, -0.15) is 0 Å². The fraction of sp³-hybridized carbons (Fsp3) is 0.535. The van der Waals surface area contributed by atoms with Crippen molar-refractivity contribution < 1.29 is 10.2 Å². The van der Waals surface area contributed by atoms with Crippen LogP contribution in [-0.2, 0) is 6.42 Å². The van der Waals surface area contributed by atoms with E-state index in [1.54, 1.807) is 6.07 Å². The summed E-state index contributed by atoms with van der Waals surface area (Å²) in [5, 5.41) is 20.5. The Morgan fingerprint density at radius 3 is 1.11 bits per heavy atom. The normalized spacial score (nSPS) is 13.9. The summed E-state index contributed by atoms with van der Waals surface area (Å²) in [7, 11) is 0. The molecule has 2 N–H and O–H groups in total. The van der Waals surface area contributed by atoms with Gasteiger partial charge in [-0.15, -0.1) is 0 Å². The van der Waals surface area contributed by atoms with Crippen molar-refractivity contribution in [3.8, 4) is 11.5 Å². The van der Waals surface area contributed by atoms with E-state index in [0.29, 0.717) is 12.2 Å². The van der Waals surface area contributed by atoms with Crippen molar-refractivity contribution in [3.05, 3.63) is 104 Å². The number of aromatic hydroxyl groups is 2. The molecule has 2 heteroatoms. The standard InChI is InChI=1S/C43H66O2/c1-32(2)17-11-18-33(3)19-12-20-34(4)21-13-22-35(5)23-14-24-36(6)25-15-26-37(7)27-16-28-38(8)29-30-41-31-42(44)39(9)40(10)43(41)45/h17,19,21,23,25,27,29,31,44-45H,11-16,18,20,22,24,26,28,30H2,1-10H3/b33-19-,34-21-,35-23+,36-25-,37-27-,38-29-. The van der Waals surface area contributed by atoms with Crippen molar-refractivity contribution in [1.82, 2.24) is 0 Å². The summed E-state index contributed by atoms with van der Waals surface area (Å²) < 4.78 is 0. The lowest BCUT2D eigenvalue weighted by atomic mass is 9.99. The lowest BCUT2D eigenvalue weighted by Gasteiger charge is -2.10. The summed E-state index contributed by atoms with van der Waals surface area (Å²) in [6, 6.07) is 1.69. The average Bonchev–Trinajstić information content (AvgIpc) is 2.97. The van der Waals surface area contributed by atoms with Crippen molar-refractivity contribution in [2.45, 2.75) is 153 Å². The van der Waals surface area contributed by atoms with Gasteiger partial charge in [0, 0.05) is 5.56 Å². The molecular weight excluding hydrogens is 548 g/mol. The van der Waals surface area contributed by atoms with E-state index in [1.807, 2.05) is 13.8 Å². The van der Waals surface area contributed by atoms with Gasteiger partial charge in [-0.05, 0) is 170 Å². The van der Waals surface area contributed by atoms with Crippen molar-refractivity contribution in [1.29, 1.82) is 0 Å². The van der Waals surface area contributed by atoms with Crippen molar-refractivity contribution >= 4 is 0 Å². The molecule has 0 saturated carbocycles. The number of phenols is 2. The van der Waals surface area contributed by atoms with Crippen LogP contribution in [0.25, 0.3) is 0 Å². The third-order valence-electron chi connectivity index (χ3n) is 8.84. The molecule has 0 saturated heterocycles. The first-order valence-corrected chi connectivity index (χ1v) is 17.4. The van der Waals surface area contributed by atoms with E-state index in [-0.39, 0.29) is 5.75 Å². The number of benzene rings is 1. The summed E-state index contributed by atoms with van der Waals surface area (Å²) in [5.74, 6) is 0.555. The molecule has 0 fully saturated rings. The third kappa shape index (κ3) is 18.5. The second-order valence-electron chi connectivity index (χ2n) is 13.7. The summed E-state index contributed by atoms with van der Waals surface area (Å²) >= 11 is 0. The largest absolute Gasteiger partial charge is 0.508 e. The molecule has 1 aromatic rings. The fourth-order valence-electron chi connectivity index (χ4n) is 5.32. The lowest BCUT2D eigenvalue weighted by molar-refractivity contribution is 0.448. The lowest BCUT2D eigenvalue weighted by Crippen LogP contribution is -1.91. The molecular formula is C43H66O2. The first-order valence-electron chi connectivity index (χ1n) is 17.4. The zero-order valence-corrected chi connectivity index (χ0v) is 30.7. The molecule has 1 aromatic carbocycles. The minimum Gasteiger partial charge on any atom is -0.508 e. The van der Waals surface area contributed by atoms with Crippen LogP contribution in [0.15, 0.2) is 87.6 Å². The van der Waals surface area contributed by atoms with Crippen molar-refractivity contribution in [2.75, 3.05) is 0 Å². The van der Waals surface area contributed by atoms with Gasteiger partial charge in [-0.25, -0.2) is 0 Å². The highest BCUT2D eigenvalue weighted by molar-refractivity contribution is 5.51. The Bertz CT molecular complexity index is 1270. The van der Waals surface area contributed by atoms with Crippen LogP contribution in [-0.4, -0.2) is 10.2 Å². The van der Waals surface area contributed by atoms with Crippen LogP contribution in [0.2, 0.25) is 0 Å². The van der Waals surface area contributed by atoms with Crippen LogP contribution in [0.1, 0.15) is 149 Å². The van der Waals surface area contributed by atoms with Crippen LogP contribution < -0.4 is 0 Å². The van der Waals surface area contributed by atoms with Crippen LogP contribution in [0, 0.1) is 13.8 Å². The first-order chi connectivity index (χ1) is 21.3. The number of phenolic OH excluding ortho intramolecular Hbond substituents is 2. The molecule has 0 heterocycles. The quantitative estimate of drug-likeness (QED) is 0.113. The van der Waals surface area contributed by atoms with Gasteiger partial charge in [0.25, 0.3) is 0 Å². The van der Waals surface area contributed by atoms with E-state index in [0.717, 1.165) is 80.9 Å². The molecule has 0 spiro atoms. The Labute approximate surface area is 278 Å². The molecule has 0 unspecified atom stereocenters. The molecule has 0 aromatic heterocycles. The Morgan fingerprint density at radius 1 is 0.467 bits per heavy atom. The second-order valence-corrected chi connectivity index (χ2v) is 13.7. The van der Waals surface area contributed by atoms with Gasteiger partial charge >= 0.3 is 0 Å². The van der Waals surface area contributed by atoms with Gasteiger partial charge < -0.3 is 10.2 Å². The number of allylic oxidation sites excluding steroid dienone is 14. The molecule has 1 rings (SSSR count). The van der Waals surface area contributed by atoms with E-state index in [1.165, 1.54) is 51.9 Å². The molecule has 0 aliphatic carbocycles. The predicted octanol–water partition coefficient (Wildman–Crippen LogP) is 13.6. The van der Waals surface area contributed by atoms with Gasteiger partial charge in [0.15, 0.2) is 0 Å². The highest BCUT2D eigenvalue weighted by Gasteiger charge is 2.10. The minimum absolute atomic E-state index is 0.255. The molecule has 45 heavy (non-hydrogen) atoms. The maximum Gasteiger partial charge on any atom is 0.122 e. The fourth-order valence-corrected chi connectivity index (χ4v) is 5.32. The molecule has 0 radical (unpaired) electrons. The smallest absolute Gasteiger partial charge is 0.122 e. The topological polar surface area (TPSA) is 40.5 Å².